The first-order valence-electron chi connectivity index (χ1n) is 8.52. The predicted octanol–water partition coefficient (Wildman–Crippen LogP) is 4.41. The van der Waals surface area contributed by atoms with E-state index in [4.69, 9.17) is 10.3 Å². The summed E-state index contributed by atoms with van der Waals surface area (Å²) in [4.78, 5) is 16.4. The molecule has 3 rings (SSSR count). The average molecular weight is 405 g/mol. The molecule has 3 N–H and O–H groups in total. The maximum atomic E-state index is 14.3. The van der Waals surface area contributed by atoms with Gasteiger partial charge in [-0.3, -0.25) is 4.79 Å². The molecule has 0 aliphatic rings. The number of carbonyl (C=O) groups excluding carboxylic acids is 1. The Bertz CT molecular complexity index is 965. The summed E-state index contributed by atoms with van der Waals surface area (Å²) < 4.78 is 19.5. The fourth-order valence-corrected chi connectivity index (χ4v) is 2.33. The zero-order valence-electron chi connectivity index (χ0n) is 15.8. The topological polar surface area (TPSA) is 94.0 Å². The second-order valence-corrected chi connectivity index (χ2v) is 7.22. The molecule has 0 saturated heterocycles. The summed E-state index contributed by atoms with van der Waals surface area (Å²) in [6, 6.07) is 11.6. The van der Waals surface area contributed by atoms with E-state index in [-0.39, 0.29) is 29.8 Å². The summed E-state index contributed by atoms with van der Waals surface area (Å²) in [6.45, 7) is 5.84. The van der Waals surface area contributed by atoms with Crippen LogP contribution < -0.4 is 11.1 Å². The molecular weight excluding hydrogens is 383 g/mol. The second kappa shape index (κ2) is 8.50. The number of benzene rings is 2. The van der Waals surface area contributed by atoms with Gasteiger partial charge < -0.3 is 15.6 Å². The lowest BCUT2D eigenvalue weighted by Crippen LogP contribution is -2.27. The lowest BCUT2D eigenvalue weighted by atomic mass is 9.95. The van der Waals surface area contributed by atoms with Crippen LogP contribution in [0.3, 0.4) is 0 Å². The molecule has 0 aliphatic carbocycles. The number of anilines is 1. The van der Waals surface area contributed by atoms with E-state index in [0.29, 0.717) is 18.1 Å². The van der Waals surface area contributed by atoms with E-state index in [9.17, 15) is 9.18 Å². The molecule has 0 saturated carbocycles. The Morgan fingerprint density at radius 2 is 1.86 bits per heavy atom. The summed E-state index contributed by atoms with van der Waals surface area (Å²) in [7, 11) is 0. The van der Waals surface area contributed by atoms with Crippen molar-refractivity contribution in [2.24, 2.45) is 11.1 Å². The molecule has 8 heteroatoms. The SMILES string of the molecule is CC(C)(C)C(=O)Nc1ccc(F)c(-c2nc(-c3ccc(CN)cc3)no2)c1.Cl. The number of rotatable bonds is 4. The molecule has 0 aliphatic heterocycles. The molecule has 3 aromatic rings. The molecule has 0 atom stereocenters. The number of hydrogen-bond donors (Lipinski definition) is 2. The van der Waals surface area contributed by atoms with Gasteiger partial charge in [-0.2, -0.15) is 4.98 Å². The number of aromatic nitrogens is 2. The number of halogens is 2. The molecule has 1 amide bonds. The van der Waals surface area contributed by atoms with Crippen molar-refractivity contribution in [1.29, 1.82) is 0 Å². The smallest absolute Gasteiger partial charge is 0.261 e. The second-order valence-electron chi connectivity index (χ2n) is 7.22. The first kappa shape index (κ1) is 21.5. The highest BCUT2D eigenvalue weighted by atomic mass is 35.5. The van der Waals surface area contributed by atoms with Crippen LogP contribution in [0.5, 0.6) is 0 Å². The van der Waals surface area contributed by atoms with Gasteiger partial charge in [0.05, 0.1) is 5.56 Å². The molecule has 0 spiro atoms. The first-order valence-corrected chi connectivity index (χ1v) is 8.52. The quantitative estimate of drug-likeness (QED) is 0.671. The number of nitrogens with two attached hydrogens (primary N) is 1. The Labute approximate surface area is 168 Å². The van der Waals surface area contributed by atoms with Crippen molar-refractivity contribution in [3.63, 3.8) is 0 Å². The van der Waals surface area contributed by atoms with Gasteiger partial charge in [0.25, 0.3) is 5.89 Å². The highest BCUT2D eigenvalue weighted by Gasteiger charge is 2.22. The fourth-order valence-electron chi connectivity index (χ4n) is 2.33. The van der Waals surface area contributed by atoms with E-state index in [1.165, 1.54) is 18.2 Å². The maximum Gasteiger partial charge on any atom is 0.261 e. The zero-order valence-corrected chi connectivity index (χ0v) is 16.6. The van der Waals surface area contributed by atoms with Crippen molar-refractivity contribution in [2.45, 2.75) is 27.3 Å². The minimum atomic E-state index is -0.568. The van der Waals surface area contributed by atoms with Gasteiger partial charge in [0.15, 0.2) is 0 Å². The van der Waals surface area contributed by atoms with Gasteiger partial charge in [-0.1, -0.05) is 50.2 Å². The summed E-state index contributed by atoms with van der Waals surface area (Å²) in [5.41, 5.74) is 7.32. The molecule has 1 aromatic heterocycles. The normalized spacial score (nSPS) is 11.0. The van der Waals surface area contributed by atoms with Gasteiger partial charge in [-0.25, -0.2) is 4.39 Å². The van der Waals surface area contributed by atoms with Crippen molar-refractivity contribution in [3.05, 3.63) is 53.8 Å². The van der Waals surface area contributed by atoms with Crippen LogP contribution in [0.15, 0.2) is 47.0 Å². The van der Waals surface area contributed by atoms with Crippen LogP contribution in [0, 0.1) is 11.2 Å². The molecule has 28 heavy (non-hydrogen) atoms. The predicted molar refractivity (Wildman–Crippen MR) is 108 cm³/mol. The standard InChI is InChI=1S/C20H21FN4O2.ClH/c1-20(2,3)19(26)23-14-8-9-16(21)15(10-14)18-24-17(25-27-18)13-6-4-12(11-22)5-7-13;/h4-10H,11,22H2,1-3H3,(H,23,26);1H. The van der Waals surface area contributed by atoms with Gasteiger partial charge in [-0.15, -0.1) is 12.4 Å². The van der Waals surface area contributed by atoms with Gasteiger partial charge in [0, 0.05) is 23.2 Å². The van der Waals surface area contributed by atoms with E-state index in [1.807, 2.05) is 24.3 Å². The van der Waals surface area contributed by atoms with E-state index in [1.54, 1.807) is 20.8 Å². The number of nitrogens with one attached hydrogen (secondary N) is 1. The van der Waals surface area contributed by atoms with E-state index in [0.717, 1.165) is 11.1 Å². The van der Waals surface area contributed by atoms with Crippen molar-refractivity contribution >= 4 is 24.0 Å². The summed E-state index contributed by atoms with van der Waals surface area (Å²) in [5.74, 6) is -0.307. The van der Waals surface area contributed by atoms with Gasteiger partial charge in [0.1, 0.15) is 5.82 Å². The highest BCUT2D eigenvalue weighted by molar-refractivity contribution is 5.95. The molecule has 6 nitrogen and oxygen atoms in total. The van der Waals surface area contributed by atoms with Crippen LogP contribution in [0.25, 0.3) is 22.8 Å². The lowest BCUT2D eigenvalue weighted by Gasteiger charge is -2.17. The Morgan fingerprint density at radius 3 is 2.46 bits per heavy atom. The first-order chi connectivity index (χ1) is 12.8. The Morgan fingerprint density at radius 1 is 1.18 bits per heavy atom. The minimum Gasteiger partial charge on any atom is -0.334 e. The van der Waals surface area contributed by atoms with Crippen LogP contribution >= 0.6 is 12.4 Å². The molecule has 148 valence electrons. The summed E-state index contributed by atoms with van der Waals surface area (Å²) in [6.07, 6.45) is 0. The third kappa shape index (κ3) is 4.74. The Kier molecular flexibility index (Phi) is 6.53. The van der Waals surface area contributed by atoms with Crippen molar-refractivity contribution in [2.75, 3.05) is 5.32 Å². The molecule has 2 aromatic carbocycles. The van der Waals surface area contributed by atoms with Gasteiger partial charge in [0.2, 0.25) is 11.7 Å². The minimum absolute atomic E-state index is 0. The van der Waals surface area contributed by atoms with Crippen LogP contribution in [-0.4, -0.2) is 16.0 Å². The number of amides is 1. The highest BCUT2D eigenvalue weighted by Crippen LogP contribution is 2.28. The van der Waals surface area contributed by atoms with E-state index < -0.39 is 11.2 Å². The molecule has 0 radical (unpaired) electrons. The van der Waals surface area contributed by atoms with Crippen LogP contribution in [0.2, 0.25) is 0 Å². The fraction of sp³-hybridized carbons (Fsp3) is 0.250. The third-order valence-electron chi connectivity index (χ3n) is 4.01. The van der Waals surface area contributed by atoms with Gasteiger partial charge in [-0.05, 0) is 23.8 Å². The third-order valence-corrected chi connectivity index (χ3v) is 4.01. The van der Waals surface area contributed by atoms with Gasteiger partial charge >= 0.3 is 0 Å². The van der Waals surface area contributed by atoms with E-state index in [2.05, 4.69) is 15.5 Å². The molecule has 0 fully saturated rings. The molecule has 1 heterocycles. The van der Waals surface area contributed by atoms with Crippen molar-refractivity contribution < 1.29 is 13.7 Å². The maximum absolute atomic E-state index is 14.3. The lowest BCUT2D eigenvalue weighted by molar-refractivity contribution is -0.123. The summed E-state index contributed by atoms with van der Waals surface area (Å²) >= 11 is 0. The molecule has 0 bridgehead atoms. The number of hydrogen-bond acceptors (Lipinski definition) is 5. The van der Waals surface area contributed by atoms with E-state index >= 15 is 0 Å². The largest absolute Gasteiger partial charge is 0.334 e. The van der Waals surface area contributed by atoms with Crippen LogP contribution in [-0.2, 0) is 11.3 Å². The Hall–Kier alpha value is -2.77. The number of nitrogens with zero attached hydrogens (tertiary/aromatic N) is 2. The summed E-state index contributed by atoms with van der Waals surface area (Å²) in [5, 5.41) is 6.68. The zero-order chi connectivity index (χ0) is 19.6. The average Bonchev–Trinajstić information content (AvgIpc) is 3.12. The van der Waals surface area contributed by atoms with Crippen LogP contribution in [0.4, 0.5) is 10.1 Å². The van der Waals surface area contributed by atoms with Crippen LogP contribution in [0.1, 0.15) is 26.3 Å². The number of carbonyl (C=O) groups is 1. The Balaban J connectivity index is 0.00000280. The molecular formula is C20H22ClFN4O2. The monoisotopic (exact) mass is 404 g/mol. The van der Waals surface area contributed by atoms with Crippen molar-refractivity contribution in [1.82, 2.24) is 10.1 Å². The van der Waals surface area contributed by atoms with Crippen molar-refractivity contribution in [3.8, 4) is 22.8 Å². The molecule has 0 unspecified atom stereocenters.